The Morgan fingerprint density at radius 2 is 1.50 bits per heavy atom. The Morgan fingerprint density at radius 1 is 0.824 bits per heavy atom. The third kappa shape index (κ3) is 3.61. The number of fused-ring (bicyclic) bond motifs is 1. The van der Waals surface area contributed by atoms with Crippen molar-refractivity contribution >= 4 is 23.2 Å². The lowest BCUT2D eigenvalue weighted by atomic mass is 9.84. The maximum atomic E-state index is 13.8. The standard InChI is InChI=1S/C29H30N2O3/c1-18-11-16-23(19(2)17-18)30-27(32)24-25(20-12-14-21(15-13-20)29(3,4)5)31(34-26(24)28(30)33)22-9-7-6-8-10-22/h6-17,24-26H,1-5H3/t24-,25-,26-/m0/s1. The van der Waals surface area contributed by atoms with E-state index in [0.29, 0.717) is 5.69 Å². The molecule has 0 aliphatic carbocycles. The minimum absolute atomic E-state index is 0.0191. The summed E-state index contributed by atoms with van der Waals surface area (Å²) < 4.78 is 0. The van der Waals surface area contributed by atoms with Crippen LogP contribution >= 0.6 is 0 Å². The van der Waals surface area contributed by atoms with Crippen LogP contribution in [0.25, 0.3) is 0 Å². The molecule has 5 rings (SSSR count). The van der Waals surface area contributed by atoms with Gasteiger partial charge in [-0.1, -0.05) is 80.9 Å². The van der Waals surface area contributed by atoms with Crippen LogP contribution in [0, 0.1) is 19.8 Å². The minimum Gasteiger partial charge on any atom is -0.273 e. The fraction of sp³-hybridized carbons (Fsp3) is 0.310. The highest BCUT2D eigenvalue weighted by Crippen LogP contribution is 2.48. The van der Waals surface area contributed by atoms with Crippen LogP contribution in [0.15, 0.2) is 72.8 Å². The molecule has 174 valence electrons. The van der Waals surface area contributed by atoms with Crippen molar-refractivity contribution in [3.8, 4) is 0 Å². The Hall–Kier alpha value is -3.44. The first-order valence-corrected chi connectivity index (χ1v) is 11.7. The van der Waals surface area contributed by atoms with E-state index in [-0.39, 0.29) is 17.2 Å². The number of nitrogens with zero attached hydrogens (tertiary/aromatic N) is 2. The molecule has 2 heterocycles. The number of hydrogen-bond donors (Lipinski definition) is 0. The molecule has 0 bridgehead atoms. The molecule has 2 aliphatic heterocycles. The Balaban J connectivity index is 1.58. The summed E-state index contributed by atoms with van der Waals surface area (Å²) in [7, 11) is 0. The van der Waals surface area contributed by atoms with Crippen LogP contribution in [0.5, 0.6) is 0 Å². The third-order valence-corrected chi connectivity index (χ3v) is 6.84. The summed E-state index contributed by atoms with van der Waals surface area (Å²) in [5.41, 5.74) is 5.62. The summed E-state index contributed by atoms with van der Waals surface area (Å²) >= 11 is 0. The summed E-state index contributed by atoms with van der Waals surface area (Å²) in [4.78, 5) is 34.9. The number of aryl methyl sites for hydroxylation is 2. The molecule has 0 N–H and O–H groups in total. The smallest absolute Gasteiger partial charge is 0.266 e. The van der Waals surface area contributed by atoms with Crippen molar-refractivity contribution in [2.45, 2.75) is 52.2 Å². The molecule has 3 aromatic carbocycles. The SMILES string of the molecule is Cc1ccc(N2C(=O)[C@@H]3[C@H](ON(c4ccccc4)[C@H]3c3ccc(C(C)(C)C)cc3)C2=O)c(C)c1. The van der Waals surface area contributed by atoms with E-state index in [1.54, 1.807) is 5.06 Å². The van der Waals surface area contributed by atoms with E-state index >= 15 is 0 Å². The summed E-state index contributed by atoms with van der Waals surface area (Å²) in [6.45, 7) is 10.4. The van der Waals surface area contributed by atoms with Gasteiger partial charge in [-0.05, 0) is 54.2 Å². The second-order valence-corrected chi connectivity index (χ2v) is 10.3. The van der Waals surface area contributed by atoms with Gasteiger partial charge in [0.25, 0.3) is 5.91 Å². The van der Waals surface area contributed by atoms with Gasteiger partial charge in [0.2, 0.25) is 5.91 Å². The number of hydrogen-bond acceptors (Lipinski definition) is 4. The lowest BCUT2D eigenvalue weighted by molar-refractivity contribution is -0.126. The second kappa shape index (κ2) is 8.10. The molecular formula is C29H30N2O3. The first kappa shape index (κ1) is 22.4. The molecule has 3 atom stereocenters. The number of carbonyl (C=O) groups is 2. The van der Waals surface area contributed by atoms with Crippen LogP contribution in [0.1, 0.15) is 49.1 Å². The molecule has 5 heteroatoms. The average molecular weight is 455 g/mol. The molecule has 5 nitrogen and oxygen atoms in total. The molecule has 2 amide bonds. The van der Waals surface area contributed by atoms with Crippen molar-refractivity contribution in [1.82, 2.24) is 0 Å². The van der Waals surface area contributed by atoms with Gasteiger partial charge in [0.05, 0.1) is 17.4 Å². The number of amides is 2. The maximum absolute atomic E-state index is 13.8. The Bertz CT molecular complexity index is 1240. The molecule has 0 spiro atoms. The quantitative estimate of drug-likeness (QED) is 0.480. The number of imide groups is 1. The van der Waals surface area contributed by atoms with Crippen LogP contribution in [0.2, 0.25) is 0 Å². The van der Waals surface area contributed by atoms with Crippen LogP contribution < -0.4 is 9.96 Å². The molecule has 2 saturated heterocycles. The molecule has 3 aromatic rings. The molecule has 0 unspecified atom stereocenters. The topological polar surface area (TPSA) is 49.9 Å². The van der Waals surface area contributed by atoms with Crippen molar-refractivity contribution < 1.29 is 14.4 Å². The zero-order chi connectivity index (χ0) is 24.2. The van der Waals surface area contributed by atoms with Crippen LogP contribution in [-0.4, -0.2) is 17.9 Å². The van der Waals surface area contributed by atoms with Crippen LogP contribution in [0.4, 0.5) is 11.4 Å². The average Bonchev–Trinajstić information content (AvgIpc) is 3.31. The summed E-state index contributed by atoms with van der Waals surface area (Å²) in [6.07, 6.45) is -0.860. The van der Waals surface area contributed by atoms with E-state index < -0.39 is 18.1 Å². The summed E-state index contributed by atoms with van der Waals surface area (Å²) in [5, 5.41) is 1.75. The zero-order valence-electron chi connectivity index (χ0n) is 20.3. The highest BCUT2D eigenvalue weighted by atomic mass is 16.7. The van der Waals surface area contributed by atoms with Crippen molar-refractivity contribution in [3.63, 3.8) is 0 Å². The third-order valence-electron chi connectivity index (χ3n) is 6.84. The molecule has 2 aliphatic rings. The van der Waals surface area contributed by atoms with Gasteiger partial charge in [-0.3, -0.25) is 14.4 Å². The number of carbonyl (C=O) groups excluding carboxylic acids is 2. The van der Waals surface area contributed by atoms with E-state index in [4.69, 9.17) is 4.84 Å². The highest BCUT2D eigenvalue weighted by molar-refractivity contribution is 6.24. The lowest BCUT2D eigenvalue weighted by Gasteiger charge is -2.29. The van der Waals surface area contributed by atoms with Crippen molar-refractivity contribution in [3.05, 3.63) is 95.1 Å². The normalized spacial score (nSPS) is 22.4. The summed E-state index contributed by atoms with van der Waals surface area (Å²) in [6, 6.07) is 23.4. The van der Waals surface area contributed by atoms with E-state index in [9.17, 15) is 9.59 Å². The fourth-order valence-electron chi connectivity index (χ4n) is 5.03. The lowest BCUT2D eigenvalue weighted by Crippen LogP contribution is -2.37. The predicted octanol–water partition coefficient (Wildman–Crippen LogP) is 5.65. The largest absolute Gasteiger partial charge is 0.273 e. The number of hydroxylamine groups is 1. The predicted molar refractivity (Wildman–Crippen MR) is 134 cm³/mol. The minimum atomic E-state index is -0.860. The van der Waals surface area contributed by atoms with Crippen LogP contribution in [-0.2, 0) is 19.8 Å². The van der Waals surface area contributed by atoms with Gasteiger partial charge in [-0.2, -0.15) is 0 Å². The molecule has 0 radical (unpaired) electrons. The number of para-hydroxylation sites is 1. The van der Waals surface area contributed by atoms with E-state index in [2.05, 4.69) is 45.0 Å². The van der Waals surface area contributed by atoms with Gasteiger partial charge in [-0.25, -0.2) is 9.96 Å². The first-order valence-electron chi connectivity index (χ1n) is 11.7. The van der Waals surface area contributed by atoms with Gasteiger partial charge >= 0.3 is 0 Å². The zero-order valence-corrected chi connectivity index (χ0v) is 20.3. The van der Waals surface area contributed by atoms with Crippen molar-refractivity contribution in [2.75, 3.05) is 9.96 Å². The second-order valence-electron chi connectivity index (χ2n) is 10.3. The molecule has 34 heavy (non-hydrogen) atoms. The van der Waals surface area contributed by atoms with E-state index in [1.807, 2.05) is 62.4 Å². The van der Waals surface area contributed by atoms with Gasteiger partial charge in [0, 0.05) is 0 Å². The molecule has 2 fully saturated rings. The Morgan fingerprint density at radius 3 is 2.12 bits per heavy atom. The van der Waals surface area contributed by atoms with E-state index in [1.165, 1.54) is 10.5 Å². The van der Waals surface area contributed by atoms with Gasteiger partial charge in [-0.15, -0.1) is 0 Å². The van der Waals surface area contributed by atoms with Gasteiger partial charge in [0.15, 0.2) is 6.10 Å². The highest BCUT2D eigenvalue weighted by Gasteiger charge is 2.60. The molecule has 0 saturated carbocycles. The maximum Gasteiger partial charge on any atom is 0.266 e. The van der Waals surface area contributed by atoms with E-state index in [0.717, 1.165) is 22.4 Å². The summed E-state index contributed by atoms with van der Waals surface area (Å²) in [5.74, 6) is -1.16. The van der Waals surface area contributed by atoms with Gasteiger partial charge in [0.1, 0.15) is 5.92 Å². The van der Waals surface area contributed by atoms with Crippen LogP contribution in [0.3, 0.4) is 0 Å². The Labute approximate surface area is 200 Å². The van der Waals surface area contributed by atoms with Crippen molar-refractivity contribution in [2.24, 2.45) is 5.92 Å². The van der Waals surface area contributed by atoms with Gasteiger partial charge < -0.3 is 0 Å². The molecular weight excluding hydrogens is 424 g/mol. The fourth-order valence-corrected chi connectivity index (χ4v) is 5.03. The number of rotatable bonds is 3. The number of benzene rings is 3. The molecule has 0 aromatic heterocycles. The monoisotopic (exact) mass is 454 g/mol. The first-order chi connectivity index (χ1) is 16.2. The Kier molecular flexibility index (Phi) is 5.33. The number of anilines is 2. The van der Waals surface area contributed by atoms with Crippen molar-refractivity contribution in [1.29, 1.82) is 0 Å².